The van der Waals surface area contributed by atoms with Crippen molar-refractivity contribution in [2.45, 2.75) is 32.0 Å². The van der Waals surface area contributed by atoms with Crippen LogP contribution in [0, 0.1) is 0 Å². The van der Waals surface area contributed by atoms with Crippen molar-refractivity contribution < 1.29 is 9.53 Å². The minimum absolute atomic E-state index is 0.0786. The predicted molar refractivity (Wildman–Crippen MR) is 102 cm³/mol. The number of carbonyl (C=O) groups excluding carboxylic acids is 1. The first-order valence-corrected chi connectivity index (χ1v) is 9.20. The number of hydrogen-bond acceptors (Lipinski definition) is 4. The second kappa shape index (κ2) is 7.00. The summed E-state index contributed by atoms with van der Waals surface area (Å²) in [4.78, 5) is 17.4. The molecule has 0 saturated carbocycles. The van der Waals surface area contributed by atoms with E-state index < -0.39 is 0 Å². The van der Waals surface area contributed by atoms with Crippen molar-refractivity contribution >= 4 is 11.6 Å². The summed E-state index contributed by atoms with van der Waals surface area (Å²) in [5.41, 5.74) is 10.3. The van der Waals surface area contributed by atoms with Crippen LogP contribution >= 0.6 is 0 Å². The van der Waals surface area contributed by atoms with E-state index in [1.54, 1.807) is 7.11 Å². The van der Waals surface area contributed by atoms with E-state index in [4.69, 9.17) is 10.5 Å². The highest BCUT2D eigenvalue weighted by Gasteiger charge is 2.28. The zero-order chi connectivity index (χ0) is 18.1. The smallest absolute Gasteiger partial charge is 0.256 e. The van der Waals surface area contributed by atoms with Gasteiger partial charge in [-0.2, -0.15) is 0 Å². The number of amides is 1. The van der Waals surface area contributed by atoms with Crippen LogP contribution in [0.15, 0.2) is 42.5 Å². The van der Waals surface area contributed by atoms with Crippen molar-refractivity contribution in [2.24, 2.45) is 5.73 Å². The van der Waals surface area contributed by atoms with Gasteiger partial charge in [-0.25, -0.2) is 0 Å². The molecule has 2 aromatic carbocycles. The maximum atomic E-state index is 13.3. The zero-order valence-electron chi connectivity index (χ0n) is 15.1. The summed E-state index contributed by atoms with van der Waals surface area (Å²) in [6.07, 6.45) is 2.12. The molecule has 4 rings (SSSR count). The second-order valence-corrected chi connectivity index (χ2v) is 7.16. The molecule has 2 aliphatic heterocycles. The Hall–Kier alpha value is -2.53. The molecule has 1 fully saturated rings. The molecule has 0 aliphatic carbocycles. The van der Waals surface area contributed by atoms with E-state index in [1.165, 1.54) is 5.56 Å². The minimum Gasteiger partial charge on any atom is -0.497 e. The van der Waals surface area contributed by atoms with Gasteiger partial charge in [0, 0.05) is 37.9 Å². The number of rotatable bonds is 3. The summed E-state index contributed by atoms with van der Waals surface area (Å²) >= 11 is 0. The number of nitrogens with zero attached hydrogens (tertiary/aromatic N) is 2. The van der Waals surface area contributed by atoms with E-state index in [1.807, 2.05) is 41.3 Å². The maximum absolute atomic E-state index is 13.3. The summed E-state index contributed by atoms with van der Waals surface area (Å²) in [6, 6.07) is 14.1. The van der Waals surface area contributed by atoms with Crippen molar-refractivity contribution in [3.63, 3.8) is 0 Å². The molecule has 0 bridgehead atoms. The lowest BCUT2D eigenvalue weighted by atomic mass is 10.0. The molecule has 2 N–H and O–H groups in total. The largest absolute Gasteiger partial charge is 0.497 e. The number of hydrogen-bond donors (Lipinski definition) is 1. The van der Waals surface area contributed by atoms with Gasteiger partial charge in [0.25, 0.3) is 5.91 Å². The Morgan fingerprint density at radius 1 is 1.15 bits per heavy atom. The molecule has 5 nitrogen and oxygen atoms in total. The number of carbonyl (C=O) groups is 1. The Balaban J connectivity index is 1.58. The molecule has 0 radical (unpaired) electrons. The van der Waals surface area contributed by atoms with Gasteiger partial charge in [-0.1, -0.05) is 18.2 Å². The number of fused-ring (bicyclic) bond motifs is 1. The molecule has 0 unspecified atom stereocenters. The molecule has 136 valence electrons. The number of ether oxygens (including phenoxy) is 1. The summed E-state index contributed by atoms with van der Waals surface area (Å²) in [6.45, 7) is 3.03. The van der Waals surface area contributed by atoms with E-state index in [0.29, 0.717) is 13.1 Å². The van der Waals surface area contributed by atoms with E-state index in [-0.39, 0.29) is 11.9 Å². The fourth-order valence-corrected chi connectivity index (χ4v) is 3.97. The average Bonchev–Trinajstić information content (AvgIpc) is 3.10. The molecule has 2 aliphatic rings. The minimum atomic E-state index is 0.0786. The first-order chi connectivity index (χ1) is 12.7. The van der Waals surface area contributed by atoms with Gasteiger partial charge in [0.1, 0.15) is 5.75 Å². The Bertz CT molecular complexity index is 821. The number of para-hydroxylation sites is 1. The molecule has 1 atom stereocenters. The van der Waals surface area contributed by atoms with Crippen LogP contribution in [0.4, 0.5) is 5.69 Å². The molecule has 2 aromatic rings. The van der Waals surface area contributed by atoms with Crippen molar-refractivity contribution in [2.75, 3.05) is 25.1 Å². The second-order valence-electron chi connectivity index (χ2n) is 7.16. The molecule has 5 heteroatoms. The number of anilines is 1. The van der Waals surface area contributed by atoms with E-state index in [9.17, 15) is 4.79 Å². The van der Waals surface area contributed by atoms with Crippen LogP contribution in [-0.2, 0) is 13.1 Å². The van der Waals surface area contributed by atoms with Crippen LogP contribution in [0.5, 0.6) is 5.75 Å². The normalized spacial score (nSPS) is 19.4. The molecular weight excluding hydrogens is 326 g/mol. The SMILES string of the molecule is COc1ccc2c(c1)CN(C(=O)c1ccccc1N1CCC[C@H](N)C1)C2. The molecular formula is C21H25N3O2. The quantitative estimate of drug-likeness (QED) is 0.924. The van der Waals surface area contributed by atoms with Crippen LogP contribution in [-0.4, -0.2) is 37.0 Å². The molecule has 0 aromatic heterocycles. The fraction of sp³-hybridized carbons (Fsp3) is 0.381. The molecule has 0 spiro atoms. The van der Waals surface area contributed by atoms with Crippen LogP contribution in [0.2, 0.25) is 0 Å². The van der Waals surface area contributed by atoms with Crippen LogP contribution in [0.1, 0.15) is 34.3 Å². The van der Waals surface area contributed by atoms with Gasteiger partial charge in [-0.3, -0.25) is 4.79 Å². The van der Waals surface area contributed by atoms with Crippen LogP contribution in [0.25, 0.3) is 0 Å². The van der Waals surface area contributed by atoms with Gasteiger partial charge >= 0.3 is 0 Å². The highest BCUT2D eigenvalue weighted by molar-refractivity contribution is 6.00. The molecule has 26 heavy (non-hydrogen) atoms. The molecule has 2 heterocycles. The standard InChI is InChI=1S/C21H25N3O2/c1-26-18-9-8-15-12-24(13-16(15)11-18)21(25)19-6-2-3-7-20(19)23-10-4-5-17(22)14-23/h2-3,6-9,11,17H,4-5,10,12-14,22H2,1H3/t17-/m0/s1. The van der Waals surface area contributed by atoms with Gasteiger partial charge in [-0.05, 0) is 48.2 Å². The zero-order valence-corrected chi connectivity index (χ0v) is 15.1. The Kier molecular flexibility index (Phi) is 4.55. The molecule has 1 amide bonds. The number of methoxy groups -OCH3 is 1. The van der Waals surface area contributed by atoms with Crippen LogP contribution < -0.4 is 15.4 Å². The summed E-state index contributed by atoms with van der Waals surface area (Å²) in [5.74, 6) is 0.913. The van der Waals surface area contributed by atoms with E-state index in [2.05, 4.69) is 11.0 Å². The lowest BCUT2D eigenvalue weighted by Gasteiger charge is -2.34. The van der Waals surface area contributed by atoms with Gasteiger partial charge < -0.3 is 20.3 Å². The van der Waals surface area contributed by atoms with Crippen molar-refractivity contribution in [1.82, 2.24) is 4.90 Å². The van der Waals surface area contributed by atoms with Gasteiger partial charge in [0.05, 0.1) is 12.7 Å². The van der Waals surface area contributed by atoms with E-state index in [0.717, 1.165) is 48.5 Å². The van der Waals surface area contributed by atoms with Crippen molar-refractivity contribution in [3.8, 4) is 5.75 Å². The Morgan fingerprint density at radius 3 is 2.77 bits per heavy atom. The highest BCUT2D eigenvalue weighted by Crippen LogP contribution is 2.30. The topological polar surface area (TPSA) is 58.8 Å². The third-order valence-corrected chi connectivity index (χ3v) is 5.36. The average molecular weight is 351 g/mol. The number of nitrogens with two attached hydrogens (primary N) is 1. The fourth-order valence-electron chi connectivity index (χ4n) is 3.97. The highest BCUT2D eigenvalue weighted by atomic mass is 16.5. The maximum Gasteiger partial charge on any atom is 0.256 e. The van der Waals surface area contributed by atoms with Crippen molar-refractivity contribution in [1.29, 1.82) is 0 Å². The lowest BCUT2D eigenvalue weighted by Crippen LogP contribution is -2.43. The first kappa shape index (κ1) is 16.9. The number of piperidine rings is 1. The first-order valence-electron chi connectivity index (χ1n) is 9.20. The van der Waals surface area contributed by atoms with Crippen LogP contribution in [0.3, 0.4) is 0 Å². The third-order valence-electron chi connectivity index (χ3n) is 5.36. The predicted octanol–water partition coefficient (Wildman–Crippen LogP) is 2.78. The van der Waals surface area contributed by atoms with Crippen molar-refractivity contribution in [3.05, 3.63) is 59.2 Å². The molecule has 1 saturated heterocycles. The Morgan fingerprint density at radius 2 is 1.96 bits per heavy atom. The summed E-state index contributed by atoms with van der Waals surface area (Å²) in [5, 5.41) is 0. The Labute approximate surface area is 154 Å². The van der Waals surface area contributed by atoms with Gasteiger partial charge in [0.2, 0.25) is 0 Å². The monoisotopic (exact) mass is 351 g/mol. The van der Waals surface area contributed by atoms with Gasteiger partial charge in [-0.15, -0.1) is 0 Å². The van der Waals surface area contributed by atoms with E-state index >= 15 is 0 Å². The summed E-state index contributed by atoms with van der Waals surface area (Å²) in [7, 11) is 1.67. The number of benzene rings is 2. The van der Waals surface area contributed by atoms with Gasteiger partial charge in [0.15, 0.2) is 0 Å². The summed E-state index contributed by atoms with van der Waals surface area (Å²) < 4.78 is 5.31. The third kappa shape index (κ3) is 3.15. The lowest BCUT2D eigenvalue weighted by molar-refractivity contribution is 0.0752.